The molecule has 0 bridgehead atoms. The number of carboxylic acids is 1. The van der Waals surface area contributed by atoms with Crippen molar-refractivity contribution in [3.05, 3.63) is 22.4 Å². The average Bonchev–Trinajstić information content (AvgIpc) is 2.39. The second-order valence-corrected chi connectivity index (χ2v) is 3.54. The van der Waals surface area contributed by atoms with Gasteiger partial charge in [-0.15, -0.1) is 11.3 Å². The maximum Gasteiger partial charge on any atom is 0.0446 e. The molecule has 2 nitrogen and oxygen atoms in total. The predicted molar refractivity (Wildman–Crippen MR) is 42.2 cm³/mol. The Morgan fingerprint density at radius 2 is 2.55 bits per heavy atom. The third kappa shape index (κ3) is 2.35. The quantitative estimate of drug-likeness (QED) is 0.667. The first kappa shape index (κ1) is 8.27. The average molecular weight is 169 g/mol. The largest absolute Gasteiger partial charge is 0.550 e. The van der Waals surface area contributed by atoms with E-state index in [1.165, 1.54) is 0 Å². The van der Waals surface area contributed by atoms with Crippen molar-refractivity contribution in [2.45, 2.75) is 13.3 Å². The Labute approximate surface area is 69.5 Å². The fourth-order valence-corrected chi connectivity index (χ4v) is 1.65. The van der Waals surface area contributed by atoms with Gasteiger partial charge in [-0.1, -0.05) is 13.0 Å². The van der Waals surface area contributed by atoms with Gasteiger partial charge in [0.15, 0.2) is 0 Å². The molecule has 0 radical (unpaired) electrons. The SMILES string of the molecule is CC(Cc1cccs1)C(=O)[O-]. The Morgan fingerprint density at radius 1 is 1.82 bits per heavy atom. The summed E-state index contributed by atoms with van der Waals surface area (Å²) >= 11 is 1.58. The van der Waals surface area contributed by atoms with Crippen molar-refractivity contribution in [1.82, 2.24) is 0 Å². The predicted octanol–water partition coefficient (Wildman–Crippen LogP) is 0.677. The summed E-state index contributed by atoms with van der Waals surface area (Å²) in [6.45, 7) is 1.66. The maximum absolute atomic E-state index is 10.3. The van der Waals surface area contributed by atoms with Crippen LogP contribution in [0.2, 0.25) is 0 Å². The van der Waals surface area contributed by atoms with Gasteiger partial charge in [0, 0.05) is 16.8 Å². The van der Waals surface area contributed by atoms with Crippen LogP contribution in [0.1, 0.15) is 11.8 Å². The molecule has 1 unspecified atom stereocenters. The van der Waals surface area contributed by atoms with Crippen LogP contribution in [-0.2, 0) is 11.2 Å². The minimum atomic E-state index is -0.974. The second kappa shape index (κ2) is 3.53. The van der Waals surface area contributed by atoms with Crippen molar-refractivity contribution in [2.75, 3.05) is 0 Å². The van der Waals surface area contributed by atoms with Crippen LogP contribution in [-0.4, -0.2) is 5.97 Å². The first-order valence-corrected chi connectivity index (χ1v) is 4.31. The molecule has 0 aromatic carbocycles. The van der Waals surface area contributed by atoms with Gasteiger partial charge in [-0.2, -0.15) is 0 Å². The van der Waals surface area contributed by atoms with Crippen molar-refractivity contribution in [1.29, 1.82) is 0 Å². The van der Waals surface area contributed by atoms with Gasteiger partial charge in [-0.05, 0) is 17.9 Å². The van der Waals surface area contributed by atoms with Crippen LogP contribution in [0.5, 0.6) is 0 Å². The van der Waals surface area contributed by atoms with E-state index >= 15 is 0 Å². The van der Waals surface area contributed by atoms with Crippen LogP contribution in [0.3, 0.4) is 0 Å². The zero-order valence-electron chi connectivity index (χ0n) is 6.24. The van der Waals surface area contributed by atoms with Gasteiger partial charge in [0.2, 0.25) is 0 Å². The lowest BCUT2D eigenvalue weighted by atomic mass is 10.1. The van der Waals surface area contributed by atoms with Crippen molar-refractivity contribution >= 4 is 17.3 Å². The van der Waals surface area contributed by atoms with Gasteiger partial charge in [0.1, 0.15) is 0 Å². The van der Waals surface area contributed by atoms with Crippen LogP contribution in [0.25, 0.3) is 0 Å². The molecule has 1 rings (SSSR count). The molecule has 0 amide bonds. The summed E-state index contributed by atoms with van der Waals surface area (Å²) in [5.74, 6) is -1.35. The minimum absolute atomic E-state index is 0.381. The Bertz CT molecular complexity index is 228. The van der Waals surface area contributed by atoms with E-state index < -0.39 is 5.97 Å². The lowest BCUT2D eigenvalue weighted by molar-refractivity contribution is -0.310. The summed E-state index contributed by atoms with van der Waals surface area (Å²) in [5, 5.41) is 12.3. The second-order valence-electron chi connectivity index (χ2n) is 2.50. The summed E-state index contributed by atoms with van der Waals surface area (Å²) < 4.78 is 0. The smallest absolute Gasteiger partial charge is 0.0446 e. The number of carbonyl (C=O) groups excluding carboxylic acids is 1. The Hall–Kier alpha value is -0.830. The maximum atomic E-state index is 10.3. The Kier molecular flexibility index (Phi) is 2.65. The number of thiophene rings is 1. The van der Waals surface area contributed by atoms with Gasteiger partial charge in [0.25, 0.3) is 0 Å². The van der Waals surface area contributed by atoms with Crippen molar-refractivity contribution in [3.8, 4) is 0 Å². The van der Waals surface area contributed by atoms with E-state index in [0.29, 0.717) is 6.42 Å². The van der Waals surface area contributed by atoms with Gasteiger partial charge in [-0.25, -0.2) is 0 Å². The number of hydrogen-bond acceptors (Lipinski definition) is 3. The number of hydrogen-bond donors (Lipinski definition) is 0. The van der Waals surface area contributed by atoms with E-state index in [9.17, 15) is 9.90 Å². The summed E-state index contributed by atoms with van der Waals surface area (Å²) in [5.41, 5.74) is 0. The van der Waals surface area contributed by atoms with Crippen LogP contribution < -0.4 is 5.11 Å². The zero-order valence-corrected chi connectivity index (χ0v) is 7.06. The van der Waals surface area contributed by atoms with Gasteiger partial charge < -0.3 is 9.90 Å². The normalized spacial score (nSPS) is 12.8. The van der Waals surface area contributed by atoms with Crippen LogP contribution in [0, 0.1) is 5.92 Å². The molecule has 1 aromatic heterocycles. The lowest BCUT2D eigenvalue weighted by Gasteiger charge is -2.09. The monoisotopic (exact) mass is 169 g/mol. The van der Waals surface area contributed by atoms with Crippen LogP contribution in [0.15, 0.2) is 17.5 Å². The summed E-state index contributed by atoms with van der Waals surface area (Å²) in [7, 11) is 0. The lowest BCUT2D eigenvalue weighted by Crippen LogP contribution is -2.30. The highest BCUT2D eigenvalue weighted by molar-refractivity contribution is 7.09. The molecule has 1 heterocycles. The number of carbonyl (C=O) groups is 1. The van der Waals surface area contributed by atoms with E-state index in [2.05, 4.69) is 0 Å². The van der Waals surface area contributed by atoms with Gasteiger partial charge >= 0.3 is 0 Å². The fourth-order valence-electron chi connectivity index (χ4n) is 0.814. The molecule has 60 valence electrons. The summed E-state index contributed by atoms with van der Waals surface area (Å²) in [6, 6.07) is 3.85. The van der Waals surface area contributed by atoms with Gasteiger partial charge in [0.05, 0.1) is 0 Å². The number of rotatable bonds is 3. The summed E-state index contributed by atoms with van der Waals surface area (Å²) in [4.78, 5) is 11.4. The highest BCUT2D eigenvalue weighted by atomic mass is 32.1. The first-order valence-electron chi connectivity index (χ1n) is 3.43. The molecule has 0 N–H and O–H groups in total. The van der Waals surface area contributed by atoms with Crippen molar-refractivity contribution < 1.29 is 9.90 Å². The van der Waals surface area contributed by atoms with E-state index in [1.807, 2.05) is 17.5 Å². The molecule has 11 heavy (non-hydrogen) atoms. The van der Waals surface area contributed by atoms with E-state index in [1.54, 1.807) is 18.3 Å². The topological polar surface area (TPSA) is 40.1 Å². The van der Waals surface area contributed by atoms with E-state index in [0.717, 1.165) is 4.88 Å². The molecular formula is C8H9O2S-. The molecule has 0 aliphatic heterocycles. The highest BCUT2D eigenvalue weighted by Crippen LogP contribution is 2.13. The van der Waals surface area contributed by atoms with Crippen molar-refractivity contribution in [3.63, 3.8) is 0 Å². The third-order valence-electron chi connectivity index (χ3n) is 1.49. The third-order valence-corrected chi connectivity index (χ3v) is 2.39. The molecule has 0 saturated carbocycles. The molecule has 0 fully saturated rings. The van der Waals surface area contributed by atoms with Gasteiger partial charge in [-0.3, -0.25) is 0 Å². The highest BCUT2D eigenvalue weighted by Gasteiger charge is 2.03. The Morgan fingerprint density at radius 3 is 3.00 bits per heavy atom. The molecule has 1 atom stereocenters. The first-order chi connectivity index (χ1) is 5.20. The molecule has 0 aliphatic rings. The standard InChI is InChI=1S/C8H10O2S/c1-6(8(9)10)5-7-3-2-4-11-7/h2-4,6H,5H2,1H3,(H,9,10)/p-1. The summed E-state index contributed by atoms with van der Waals surface area (Å²) in [6.07, 6.45) is 0.583. The molecule has 0 aliphatic carbocycles. The molecule has 3 heteroatoms. The molecular weight excluding hydrogens is 160 g/mol. The van der Waals surface area contributed by atoms with E-state index in [-0.39, 0.29) is 5.92 Å². The molecule has 0 saturated heterocycles. The zero-order chi connectivity index (χ0) is 8.27. The molecule has 0 spiro atoms. The van der Waals surface area contributed by atoms with E-state index in [4.69, 9.17) is 0 Å². The Balaban J connectivity index is 2.50. The van der Waals surface area contributed by atoms with Crippen LogP contribution >= 0.6 is 11.3 Å². The minimum Gasteiger partial charge on any atom is -0.550 e. The van der Waals surface area contributed by atoms with Crippen LogP contribution in [0.4, 0.5) is 0 Å². The number of aliphatic carboxylic acids is 1. The van der Waals surface area contributed by atoms with Crippen molar-refractivity contribution in [2.24, 2.45) is 5.92 Å². The fraction of sp³-hybridized carbons (Fsp3) is 0.375. The molecule has 1 aromatic rings. The number of carboxylic acid groups (broad SMARTS) is 1.